The van der Waals surface area contributed by atoms with Crippen molar-refractivity contribution in [2.24, 2.45) is 28.1 Å². The van der Waals surface area contributed by atoms with Gasteiger partial charge < -0.3 is 69.3 Å². The second kappa shape index (κ2) is 26.8. The van der Waals surface area contributed by atoms with E-state index in [4.69, 9.17) is 22.3 Å². The minimum absolute atomic E-state index is 0.0267. The number of aliphatic hydroxyl groups is 1. The number of hydrogen-bond acceptors (Lipinski definition) is 13. The van der Waals surface area contributed by atoms with Crippen LogP contribution in [0.1, 0.15) is 79.1 Å². The van der Waals surface area contributed by atoms with E-state index in [9.17, 15) is 53.4 Å². The lowest BCUT2D eigenvalue weighted by molar-refractivity contribution is -0.145. The smallest absolute Gasteiger partial charge is 0.326 e. The number of carbonyl (C=O) groups is 9. The van der Waals surface area contributed by atoms with Crippen LogP contribution in [0.3, 0.4) is 0 Å². The van der Waals surface area contributed by atoms with Crippen molar-refractivity contribution in [1.29, 1.82) is 0 Å². The van der Waals surface area contributed by atoms with E-state index < -0.39 is 115 Å². The molecule has 0 aromatic carbocycles. The minimum atomic E-state index is -1.50. The second-order valence-corrected chi connectivity index (χ2v) is 15.5. The van der Waals surface area contributed by atoms with Gasteiger partial charge in [0.25, 0.3) is 0 Å². The molecule has 1 aliphatic heterocycles. The van der Waals surface area contributed by atoms with Gasteiger partial charge in [0.05, 0.1) is 12.6 Å². The largest absolute Gasteiger partial charge is 0.481 e. The molecule has 7 amide bonds. The van der Waals surface area contributed by atoms with Crippen LogP contribution in [0.5, 0.6) is 0 Å². The van der Waals surface area contributed by atoms with Crippen LogP contribution in [-0.4, -0.2) is 160 Å². The lowest BCUT2D eigenvalue weighted by Crippen LogP contribution is -2.60. The van der Waals surface area contributed by atoms with Crippen molar-refractivity contribution in [2.45, 2.75) is 127 Å². The molecule has 1 heterocycles. The number of aliphatic hydroxyl groups excluding tert-OH is 1. The molecule has 340 valence electrons. The molecule has 1 rings (SSSR count). The number of amides is 7. The van der Waals surface area contributed by atoms with Crippen LogP contribution in [0.15, 0.2) is 4.99 Å². The topological polar surface area (TPSA) is 380 Å². The molecule has 15 N–H and O–H groups in total. The summed E-state index contributed by atoms with van der Waals surface area (Å²) in [4.78, 5) is 120. The average Bonchev–Trinajstić information content (AvgIpc) is 3.69. The molecule has 0 radical (unpaired) electrons. The first-order chi connectivity index (χ1) is 28.2. The molecular formula is C36H63N11O12S. The standard InChI is InChI=1S/C36H63N11O12S/c1-6-18(2)27(37)33(56)46-24(17-48)31(54)41-19(3)28(51)43-21(9-7-14-40-36(38)39)30(53)44-22(13-16-60-5)29(52)42-20(4)34(57)47-15-8-10-25(47)32(55)45-23(35(58)59)11-12-26(49)50/h18-25,27,48H,6-17,37H2,1-5H3,(H,41,54)(H,42,52)(H,43,51)(H,44,53)(H,45,55)(H,46,56)(H,49,50)(H,58,59)(H4,38,39,40). The fraction of sp³-hybridized carbons (Fsp3) is 0.722. The van der Waals surface area contributed by atoms with Gasteiger partial charge >= 0.3 is 11.9 Å². The van der Waals surface area contributed by atoms with Crippen molar-refractivity contribution in [3.63, 3.8) is 0 Å². The van der Waals surface area contributed by atoms with E-state index in [1.807, 2.05) is 6.92 Å². The van der Waals surface area contributed by atoms with E-state index in [0.717, 1.165) is 0 Å². The van der Waals surface area contributed by atoms with Crippen molar-refractivity contribution in [3.8, 4) is 0 Å². The monoisotopic (exact) mass is 873 g/mol. The molecule has 1 fully saturated rings. The number of aliphatic imine (C=N–C) groups is 1. The average molecular weight is 874 g/mol. The van der Waals surface area contributed by atoms with Gasteiger partial charge in [0.2, 0.25) is 41.4 Å². The highest BCUT2D eigenvalue weighted by atomic mass is 32.2. The summed E-state index contributed by atoms with van der Waals surface area (Å²) in [5, 5.41) is 43.0. The maximum absolute atomic E-state index is 13.7. The molecule has 0 bridgehead atoms. The normalized spacial score (nSPS) is 17.5. The molecule has 1 saturated heterocycles. The number of nitrogens with two attached hydrogens (primary N) is 3. The van der Waals surface area contributed by atoms with Crippen molar-refractivity contribution in [1.82, 2.24) is 36.8 Å². The van der Waals surface area contributed by atoms with Gasteiger partial charge in [-0.2, -0.15) is 11.8 Å². The van der Waals surface area contributed by atoms with Gasteiger partial charge in [-0.15, -0.1) is 0 Å². The van der Waals surface area contributed by atoms with Crippen molar-refractivity contribution >= 4 is 71.0 Å². The lowest BCUT2D eigenvalue weighted by Gasteiger charge is -2.29. The number of carboxylic acid groups (broad SMARTS) is 2. The summed E-state index contributed by atoms with van der Waals surface area (Å²) in [6.45, 7) is 5.68. The predicted octanol–water partition coefficient (Wildman–Crippen LogP) is -3.95. The van der Waals surface area contributed by atoms with Gasteiger partial charge in [-0.05, 0) is 70.3 Å². The van der Waals surface area contributed by atoms with Gasteiger partial charge in [0, 0.05) is 19.5 Å². The highest BCUT2D eigenvalue weighted by Crippen LogP contribution is 2.19. The Kier molecular flexibility index (Phi) is 23.6. The van der Waals surface area contributed by atoms with Crippen LogP contribution in [0, 0.1) is 5.92 Å². The second-order valence-electron chi connectivity index (χ2n) is 14.5. The van der Waals surface area contributed by atoms with Gasteiger partial charge in [-0.1, -0.05) is 20.3 Å². The van der Waals surface area contributed by atoms with Crippen molar-refractivity contribution in [3.05, 3.63) is 0 Å². The fourth-order valence-corrected chi connectivity index (χ4v) is 6.39. The highest BCUT2D eigenvalue weighted by Gasteiger charge is 2.39. The molecular weight excluding hydrogens is 811 g/mol. The van der Waals surface area contributed by atoms with E-state index in [1.165, 1.54) is 30.5 Å². The van der Waals surface area contributed by atoms with Gasteiger partial charge in [0.15, 0.2) is 5.96 Å². The van der Waals surface area contributed by atoms with Crippen LogP contribution >= 0.6 is 11.8 Å². The summed E-state index contributed by atoms with van der Waals surface area (Å²) in [5.74, 6) is -8.09. The first-order valence-corrected chi connectivity index (χ1v) is 21.1. The lowest BCUT2D eigenvalue weighted by atomic mass is 9.99. The molecule has 1 aliphatic rings. The van der Waals surface area contributed by atoms with E-state index in [-0.39, 0.29) is 57.1 Å². The Morgan fingerprint density at radius 2 is 1.33 bits per heavy atom. The Labute approximate surface area is 352 Å². The zero-order chi connectivity index (χ0) is 45.7. The maximum atomic E-state index is 13.7. The van der Waals surface area contributed by atoms with Gasteiger partial charge in [-0.3, -0.25) is 43.3 Å². The molecule has 9 unspecified atom stereocenters. The Balaban J connectivity index is 3.12. The van der Waals surface area contributed by atoms with E-state index in [1.54, 1.807) is 13.2 Å². The molecule has 60 heavy (non-hydrogen) atoms. The number of carbonyl (C=O) groups excluding carboxylic acids is 7. The molecule has 0 aromatic heterocycles. The van der Waals surface area contributed by atoms with E-state index in [2.05, 4.69) is 36.9 Å². The summed E-state index contributed by atoms with van der Waals surface area (Å²) in [5.41, 5.74) is 16.8. The van der Waals surface area contributed by atoms with Crippen LogP contribution < -0.4 is 49.1 Å². The Morgan fingerprint density at radius 1 is 0.767 bits per heavy atom. The van der Waals surface area contributed by atoms with Crippen LogP contribution in [-0.2, 0) is 43.2 Å². The first-order valence-electron chi connectivity index (χ1n) is 19.7. The van der Waals surface area contributed by atoms with Crippen LogP contribution in [0.25, 0.3) is 0 Å². The molecule has 24 heteroatoms. The van der Waals surface area contributed by atoms with Crippen LogP contribution in [0.4, 0.5) is 0 Å². The Bertz CT molecular complexity index is 1550. The Morgan fingerprint density at radius 3 is 1.90 bits per heavy atom. The van der Waals surface area contributed by atoms with Crippen molar-refractivity contribution in [2.75, 3.05) is 31.7 Å². The maximum Gasteiger partial charge on any atom is 0.326 e. The van der Waals surface area contributed by atoms with E-state index >= 15 is 0 Å². The number of carboxylic acids is 2. The quantitative estimate of drug-likeness (QED) is 0.0213. The molecule has 0 saturated carbocycles. The van der Waals surface area contributed by atoms with Crippen LogP contribution in [0.2, 0.25) is 0 Å². The number of nitrogens with one attached hydrogen (secondary N) is 6. The SMILES string of the molecule is CCC(C)C(N)C(=O)NC(CO)C(=O)NC(C)C(=O)NC(CCCN=C(N)N)C(=O)NC(CCSC)C(=O)NC(C)C(=O)N1CCCC1C(=O)NC(CCC(=O)O)C(=O)O. The fourth-order valence-electron chi connectivity index (χ4n) is 5.92. The summed E-state index contributed by atoms with van der Waals surface area (Å²) in [7, 11) is 0. The molecule has 0 spiro atoms. The number of hydrogen-bond donors (Lipinski definition) is 12. The predicted molar refractivity (Wildman–Crippen MR) is 220 cm³/mol. The number of nitrogens with zero attached hydrogens (tertiary/aromatic N) is 2. The van der Waals surface area contributed by atoms with E-state index in [0.29, 0.717) is 18.6 Å². The third-order valence-corrected chi connectivity index (χ3v) is 10.4. The summed E-state index contributed by atoms with van der Waals surface area (Å²) < 4.78 is 0. The third-order valence-electron chi connectivity index (χ3n) is 9.78. The molecule has 0 aromatic rings. The summed E-state index contributed by atoms with van der Waals surface area (Å²) >= 11 is 1.37. The number of rotatable bonds is 27. The third kappa shape index (κ3) is 17.9. The van der Waals surface area contributed by atoms with Gasteiger partial charge in [0.1, 0.15) is 42.3 Å². The number of likely N-dealkylation sites (tertiary alicyclic amines) is 1. The highest BCUT2D eigenvalue weighted by molar-refractivity contribution is 7.98. The zero-order valence-corrected chi connectivity index (χ0v) is 35.5. The summed E-state index contributed by atoms with van der Waals surface area (Å²) in [6, 6.07) is -9.94. The zero-order valence-electron chi connectivity index (χ0n) is 34.7. The molecule has 23 nitrogen and oxygen atoms in total. The number of aliphatic carboxylic acids is 2. The number of guanidine groups is 1. The Hall–Kier alpha value is -5.23. The van der Waals surface area contributed by atoms with Crippen molar-refractivity contribution < 1.29 is 58.5 Å². The first kappa shape index (κ1) is 52.8. The number of thioether (sulfide) groups is 1. The molecule has 0 aliphatic carbocycles. The molecule has 9 atom stereocenters. The minimum Gasteiger partial charge on any atom is -0.481 e. The van der Waals surface area contributed by atoms with Gasteiger partial charge in [-0.25, -0.2) is 4.79 Å². The summed E-state index contributed by atoms with van der Waals surface area (Å²) in [6.07, 6.45) is 2.33.